The van der Waals surface area contributed by atoms with Gasteiger partial charge in [-0.15, -0.1) is 0 Å². The van der Waals surface area contributed by atoms with Gasteiger partial charge in [0.05, 0.1) is 11.4 Å². The molecule has 0 radical (unpaired) electrons. The standard InChI is InChI=1S/C16H17F2N5/c1-8-5-6-11(10(17)7-8)20-15-12(18)14-13(21-16(15)19-3)9(2)23(4)22-14/h5-7,20H,1-4H3,(H,19,21). The maximum absolute atomic E-state index is 14.9. The zero-order chi connectivity index (χ0) is 16.7. The number of aryl methyl sites for hydroxylation is 3. The van der Waals surface area contributed by atoms with Gasteiger partial charge >= 0.3 is 0 Å². The van der Waals surface area contributed by atoms with Crippen LogP contribution in [0.4, 0.5) is 26.0 Å². The highest BCUT2D eigenvalue weighted by atomic mass is 19.1. The van der Waals surface area contributed by atoms with Crippen LogP contribution in [0.1, 0.15) is 11.3 Å². The van der Waals surface area contributed by atoms with Crippen LogP contribution in [0.2, 0.25) is 0 Å². The molecule has 1 aromatic carbocycles. The number of nitrogens with zero attached hydrogens (tertiary/aromatic N) is 3. The van der Waals surface area contributed by atoms with Crippen molar-refractivity contribution >= 4 is 28.2 Å². The van der Waals surface area contributed by atoms with Crippen molar-refractivity contribution in [2.24, 2.45) is 7.05 Å². The Hall–Kier alpha value is -2.70. The second-order valence-electron chi connectivity index (χ2n) is 5.41. The molecule has 3 rings (SSSR count). The predicted octanol–water partition coefficient (Wildman–Crippen LogP) is 3.65. The molecular weight excluding hydrogens is 300 g/mol. The fraction of sp³-hybridized carbons (Fsp3) is 0.250. The van der Waals surface area contributed by atoms with Crippen molar-refractivity contribution in [1.82, 2.24) is 14.8 Å². The lowest BCUT2D eigenvalue weighted by atomic mass is 10.2. The molecule has 0 aliphatic rings. The molecule has 0 unspecified atom stereocenters. The van der Waals surface area contributed by atoms with E-state index in [-0.39, 0.29) is 16.9 Å². The van der Waals surface area contributed by atoms with Crippen LogP contribution >= 0.6 is 0 Å². The smallest absolute Gasteiger partial charge is 0.180 e. The summed E-state index contributed by atoms with van der Waals surface area (Å²) in [5.74, 6) is -0.724. The third kappa shape index (κ3) is 2.48. The molecule has 23 heavy (non-hydrogen) atoms. The fourth-order valence-corrected chi connectivity index (χ4v) is 2.42. The maximum atomic E-state index is 14.9. The summed E-state index contributed by atoms with van der Waals surface area (Å²) in [6, 6.07) is 4.70. The Balaban J connectivity index is 2.18. The molecule has 0 fully saturated rings. The minimum Gasteiger partial charge on any atom is -0.371 e. The van der Waals surface area contributed by atoms with E-state index < -0.39 is 11.6 Å². The first-order chi connectivity index (χ1) is 10.9. The quantitative estimate of drug-likeness (QED) is 0.774. The number of aromatic nitrogens is 3. The monoisotopic (exact) mass is 317 g/mol. The molecule has 0 saturated carbocycles. The van der Waals surface area contributed by atoms with Crippen molar-refractivity contribution in [2.45, 2.75) is 13.8 Å². The van der Waals surface area contributed by atoms with E-state index >= 15 is 0 Å². The van der Waals surface area contributed by atoms with Gasteiger partial charge in [-0.1, -0.05) is 6.07 Å². The lowest BCUT2D eigenvalue weighted by molar-refractivity contribution is 0.626. The summed E-state index contributed by atoms with van der Waals surface area (Å²) in [4.78, 5) is 4.40. The van der Waals surface area contributed by atoms with Gasteiger partial charge in [0, 0.05) is 14.1 Å². The van der Waals surface area contributed by atoms with Gasteiger partial charge in [-0.3, -0.25) is 4.68 Å². The number of pyridine rings is 1. The summed E-state index contributed by atoms with van der Waals surface area (Å²) >= 11 is 0. The first-order valence-corrected chi connectivity index (χ1v) is 7.16. The molecule has 0 amide bonds. The molecule has 0 bridgehead atoms. The zero-order valence-electron chi connectivity index (χ0n) is 13.3. The third-order valence-corrected chi connectivity index (χ3v) is 3.81. The van der Waals surface area contributed by atoms with Gasteiger partial charge < -0.3 is 10.6 Å². The van der Waals surface area contributed by atoms with E-state index in [1.807, 2.05) is 6.92 Å². The summed E-state index contributed by atoms with van der Waals surface area (Å²) in [5, 5.41) is 9.77. The van der Waals surface area contributed by atoms with Gasteiger partial charge in [0.2, 0.25) is 0 Å². The van der Waals surface area contributed by atoms with Crippen LogP contribution in [-0.4, -0.2) is 21.8 Å². The molecule has 0 saturated heterocycles. The van der Waals surface area contributed by atoms with Crippen LogP contribution in [0.3, 0.4) is 0 Å². The van der Waals surface area contributed by atoms with E-state index in [2.05, 4.69) is 20.7 Å². The number of hydrogen-bond acceptors (Lipinski definition) is 4. The molecule has 7 heteroatoms. The molecule has 0 aliphatic heterocycles. The molecule has 3 aromatic rings. The van der Waals surface area contributed by atoms with Crippen molar-refractivity contribution in [3.05, 3.63) is 41.1 Å². The topological polar surface area (TPSA) is 54.8 Å². The Morgan fingerprint density at radius 2 is 1.87 bits per heavy atom. The average molecular weight is 317 g/mol. The number of benzene rings is 1. The number of hydrogen-bond donors (Lipinski definition) is 2. The predicted molar refractivity (Wildman–Crippen MR) is 87.2 cm³/mol. The summed E-state index contributed by atoms with van der Waals surface area (Å²) < 4.78 is 30.5. The molecule has 2 aromatic heterocycles. The van der Waals surface area contributed by atoms with Crippen molar-refractivity contribution in [3.8, 4) is 0 Å². The van der Waals surface area contributed by atoms with Crippen molar-refractivity contribution in [1.29, 1.82) is 0 Å². The SMILES string of the molecule is CNc1nc2c(C)n(C)nc2c(F)c1Nc1ccc(C)cc1F. The molecule has 5 nitrogen and oxygen atoms in total. The minimum atomic E-state index is -0.567. The second kappa shape index (κ2) is 5.49. The summed E-state index contributed by atoms with van der Waals surface area (Å²) in [6.45, 7) is 3.60. The fourth-order valence-electron chi connectivity index (χ4n) is 2.42. The van der Waals surface area contributed by atoms with E-state index in [4.69, 9.17) is 0 Å². The first-order valence-electron chi connectivity index (χ1n) is 7.16. The molecule has 120 valence electrons. The van der Waals surface area contributed by atoms with Crippen LogP contribution in [0, 0.1) is 25.5 Å². The van der Waals surface area contributed by atoms with E-state index in [9.17, 15) is 8.78 Å². The van der Waals surface area contributed by atoms with Gasteiger partial charge in [-0.2, -0.15) is 5.10 Å². The number of nitrogens with one attached hydrogen (secondary N) is 2. The first kappa shape index (κ1) is 15.2. The van der Waals surface area contributed by atoms with E-state index in [0.29, 0.717) is 11.3 Å². The van der Waals surface area contributed by atoms with Crippen LogP contribution in [0.25, 0.3) is 11.0 Å². The molecular formula is C16H17F2N5. The Morgan fingerprint density at radius 3 is 2.52 bits per heavy atom. The molecule has 0 atom stereocenters. The van der Waals surface area contributed by atoms with Crippen molar-refractivity contribution in [3.63, 3.8) is 0 Å². The molecule has 0 aliphatic carbocycles. The van der Waals surface area contributed by atoms with Crippen LogP contribution in [0.15, 0.2) is 18.2 Å². The zero-order valence-corrected chi connectivity index (χ0v) is 13.3. The Kier molecular flexibility index (Phi) is 3.63. The second-order valence-corrected chi connectivity index (χ2v) is 5.41. The van der Waals surface area contributed by atoms with Crippen molar-refractivity contribution < 1.29 is 8.78 Å². The molecule has 0 spiro atoms. The average Bonchev–Trinajstić information content (AvgIpc) is 2.80. The lowest BCUT2D eigenvalue weighted by Gasteiger charge is -2.13. The third-order valence-electron chi connectivity index (χ3n) is 3.81. The number of anilines is 3. The Labute approximate surface area is 132 Å². The molecule has 2 N–H and O–H groups in total. The Bertz CT molecular complexity index is 901. The van der Waals surface area contributed by atoms with Gasteiger partial charge in [-0.05, 0) is 31.5 Å². The van der Waals surface area contributed by atoms with E-state index in [0.717, 1.165) is 11.3 Å². The number of halogens is 2. The number of fused-ring (bicyclic) bond motifs is 1. The highest BCUT2D eigenvalue weighted by Crippen LogP contribution is 2.33. The van der Waals surface area contributed by atoms with Crippen LogP contribution < -0.4 is 10.6 Å². The highest BCUT2D eigenvalue weighted by Gasteiger charge is 2.20. The van der Waals surface area contributed by atoms with Crippen LogP contribution in [0.5, 0.6) is 0 Å². The van der Waals surface area contributed by atoms with Gasteiger partial charge in [0.1, 0.15) is 22.5 Å². The summed E-state index contributed by atoms with van der Waals surface area (Å²) in [6.07, 6.45) is 0. The molecule has 2 heterocycles. The number of rotatable bonds is 3. The Morgan fingerprint density at radius 1 is 1.13 bits per heavy atom. The van der Waals surface area contributed by atoms with E-state index in [1.165, 1.54) is 6.07 Å². The summed E-state index contributed by atoms with van der Waals surface area (Å²) in [5.41, 5.74) is 2.42. The van der Waals surface area contributed by atoms with Crippen LogP contribution in [-0.2, 0) is 7.05 Å². The maximum Gasteiger partial charge on any atom is 0.180 e. The van der Waals surface area contributed by atoms with Gasteiger partial charge in [0.25, 0.3) is 0 Å². The van der Waals surface area contributed by atoms with Gasteiger partial charge in [-0.25, -0.2) is 13.8 Å². The lowest BCUT2D eigenvalue weighted by Crippen LogP contribution is -2.04. The highest BCUT2D eigenvalue weighted by molar-refractivity contribution is 5.88. The summed E-state index contributed by atoms with van der Waals surface area (Å²) in [7, 11) is 3.36. The van der Waals surface area contributed by atoms with Crippen molar-refractivity contribution in [2.75, 3.05) is 17.7 Å². The largest absolute Gasteiger partial charge is 0.371 e. The minimum absolute atomic E-state index is 0.0702. The van der Waals surface area contributed by atoms with E-state index in [1.54, 1.807) is 37.8 Å². The van der Waals surface area contributed by atoms with Gasteiger partial charge in [0.15, 0.2) is 11.6 Å². The normalized spacial score (nSPS) is 11.0.